The summed E-state index contributed by atoms with van der Waals surface area (Å²) in [6, 6.07) is 18.5. The molecule has 0 bridgehead atoms. The Bertz CT molecular complexity index is 1230. The van der Waals surface area contributed by atoms with Crippen LogP contribution in [0.15, 0.2) is 65.1 Å². The number of oxazole rings is 1. The van der Waals surface area contributed by atoms with E-state index < -0.39 is 0 Å². The molecule has 7 nitrogen and oxygen atoms in total. The molecule has 0 aliphatic rings. The normalized spacial score (nSPS) is 10.8. The fourth-order valence-electron chi connectivity index (χ4n) is 3.58. The highest BCUT2D eigenvalue weighted by Gasteiger charge is 2.17. The van der Waals surface area contributed by atoms with E-state index in [0.717, 1.165) is 16.6 Å². The second kappa shape index (κ2) is 10.1. The van der Waals surface area contributed by atoms with Gasteiger partial charge in [0.05, 0.1) is 32.4 Å². The predicted molar refractivity (Wildman–Crippen MR) is 127 cm³/mol. The number of carbonyl (C=O) groups is 1. The van der Waals surface area contributed by atoms with E-state index in [4.69, 9.17) is 18.6 Å². The van der Waals surface area contributed by atoms with E-state index in [0.29, 0.717) is 47.6 Å². The smallest absolute Gasteiger partial charge is 0.229 e. The summed E-state index contributed by atoms with van der Waals surface area (Å²) in [6.45, 7) is 4.79. The molecule has 0 aliphatic carbocycles. The van der Waals surface area contributed by atoms with Crippen LogP contribution in [0.4, 0.5) is 5.69 Å². The summed E-state index contributed by atoms with van der Waals surface area (Å²) in [5, 5.41) is 2.94. The molecule has 0 fully saturated rings. The molecule has 0 aliphatic heterocycles. The van der Waals surface area contributed by atoms with Crippen molar-refractivity contribution in [2.24, 2.45) is 0 Å². The number of hydrogen-bond acceptors (Lipinski definition) is 6. The van der Waals surface area contributed by atoms with Gasteiger partial charge < -0.3 is 23.9 Å². The van der Waals surface area contributed by atoms with Gasteiger partial charge in [-0.2, -0.15) is 0 Å². The predicted octanol–water partition coefficient (Wildman–Crippen LogP) is 5.48. The number of fused-ring (bicyclic) bond motifs is 1. The van der Waals surface area contributed by atoms with Crippen molar-refractivity contribution in [3.8, 4) is 28.7 Å². The first-order valence-corrected chi connectivity index (χ1v) is 10.8. The Morgan fingerprint density at radius 2 is 1.79 bits per heavy atom. The average molecular weight is 447 g/mol. The van der Waals surface area contributed by atoms with E-state index in [1.165, 1.54) is 0 Å². The number of aromatic nitrogens is 1. The summed E-state index contributed by atoms with van der Waals surface area (Å²) >= 11 is 0. The third-order valence-electron chi connectivity index (χ3n) is 5.01. The highest BCUT2D eigenvalue weighted by molar-refractivity contribution is 5.95. The zero-order valence-corrected chi connectivity index (χ0v) is 18.9. The van der Waals surface area contributed by atoms with Crippen LogP contribution in [0.2, 0.25) is 0 Å². The van der Waals surface area contributed by atoms with Crippen LogP contribution >= 0.6 is 0 Å². The van der Waals surface area contributed by atoms with Crippen molar-refractivity contribution in [2.75, 3.05) is 25.6 Å². The molecule has 0 atom stereocenters. The van der Waals surface area contributed by atoms with Crippen LogP contribution in [-0.2, 0) is 11.2 Å². The number of ether oxygens (including phenoxy) is 3. The number of anilines is 1. The molecule has 1 N–H and O–H groups in total. The van der Waals surface area contributed by atoms with Crippen molar-refractivity contribution in [2.45, 2.75) is 20.3 Å². The van der Waals surface area contributed by atoms with Gasteiger partial charge in [-0.1, -0.05) is 24.3 Å². The second-order valence-corrected chi connectivity index (χ2v) is 7.24. The molecule has 4 rings (SSSR count). The van der Waals surface area contributed by atoms with E-state index in [2.05, 4.69) is 10.3 Å². The topological polar surface area (TPSA) is 82.8 Å². The first kappa shape index (κ1) is 22.2. The number of hydrogen-bond donors (Lipinski definition) is 1. The summed E-state index contributed by atoms with van der Waals surface area (Å²) in [5.74, 6) is 2.01. The van der Waals surface area contributed by atoms with Crippen molar-refractivity contribution in [3.63, 3.8) is 0 Å². The third-order valence-corrected chi connectivity index (χ3v) is 5.01. The van der Waals surface area contributed by atoms with Gasteiger partial charge in [0.1, 0.15) is 11.3 Å². The Balaban J connectivity index is 1.59. The Hall–Kier alpha value is -4.00. The molecule has 3 aromatic carbocycles. The lowest BCUT2D eigenvalue weighted by Gasteiger charge is -2.16. The SMILES string of the molecule is CCOc1cccc(CC(=O)Nc2cc(-c3nc4ccccc4o3)ccc2OC)c1OCC. The fourth-order valence-corrected chi connectivity index (χ4v) is 3.58. The van der Waals surface area contributed by atoms with E-state index in [9.17, 15) is 4.79 Å². The Morgan fingerprint density at radius 3 is 2.55 bits per heavy atom. The Kier molecular flexibility index (Phi) is 6.78. The molecule has 1 amide bonds. The lowest BCUT2D eigenvalue weighted by Crippen LogP contribution is -2.16. The zero-order valence-electron chi connectivity index (χ0n) is 18.9. The van der Waals surface area contributed by atoms with Crippen LogP contribution in [0.5, 0.6) is 17.2 Å². The van der Waals surface area contributed by atoms with Gasteiger partial charge in [0.15, 0.2) is 17.1 Å². The number of amides is 1. The van der Waals surface area contributed by atoms with Gasteiger partial charge >= 0.3 is 0 Å². The van der Waals surface area contributed by atoms with Crippen molar-refractivity contribution in [1.82, 2.24) is 4.98 Å². The molecule has 0 saturated carbocycles. The average Bonchev–Trinajstić information content (AvgIpc) is 3.26. The minimum absolute atomic E-state index is 0.118. The summed E-state index contributed by atoms with van der Waals surface area (Å²) in [7, 11) is 1.56. The van der Waals surface area contributed by atoms with Crippen LogP contribution in [0.1, 0.15) is 19.4 Å². The minimum Gasteiger partial charge on any atom is -0.495 e. The van der Waals surface area contributed by atoms with Gasteiger partial charge in [0.25, 0.3) is 0 Å². The van der Waals surface area contributed by atoms with E-state index in [1.54, 1.807) is 19.2 Å². The number of nitrogens with zero attached hydrogens (tertiary/aromatic N) is 1. The molecule has 0 spiro atoms. The van der Waals surface area contributed by atoms with Crippen LogP contribution in [0, 0.1) is 0 Å². The number of para-hydroxylation sites is 3. The molecule has 170 valence electrons. The molecule has 0 radical (unpaired) electrons. The van der Waals surface area contributed by atoms with Gasteiger partial charge in [0, 0.05) is 11.1 Å². The van der Waals surface area contributed by atoms with Crippen LogP contribution in [0.25, 0.3) is 22.6 Å². The fraction of sp³-hybridized carbons (Fsp3) is 0.231. The largest absolute Gasteiger partial charge is 0.495 e. The van der Waals surface area contributed by atoms with E-state index in [1.807, 2.05) is 62.4 Å². The molecule has 4 aromatic rings. The molecule has 1 heterocycles. The summed E-state index contributed by atoms with van der Waals surface area (Å²) in [6.07, 6.45) is 0.118. The van der Waals surface area contributed by atoms with Crippen molar-refractivity contribution >= 4 is 22.7 Å². The Labute approximate surface area is 192 Å². The van der Waals surface area contributed by atoms with Crippen molar-refractivity contribution < 1.29 is 23.4 Å². The second-order valence-electron chi connectivity index (χ2n) is 7.24. The lowest BCUT2D eigenvalue weighted by atomic mass is 10.1. The van der Waals surface area contributed by atoms with Gasteiger partial charge in [0.2, 0.25) is 11.8 Å². The zero-order chi connectivity index (χ0) is 23.2. The van der Waals surface area contributed by atoms with Crippen molar-refractivity contribution in [1.29, 1.82) is 0 Å². The van der Waals surface area contributed by atoms with Gasteiger partial charge in [-0.25, -0.2) is 4.98 Å². The molecular weight excluding hydrogens is 420 g/mol. The Morgan fingerprint density at radius 1 is 0.970 bits per heavy atom. The molecule has 7 heteroatoms. The maximum absolute atomic E-state index is 13.0. The molecular formula is C26H26N2O5. The number of methoxy groups -OCH3 is 1. The molecule has 1 aromatic heterocycles. The molecule has 33 heavy (non-hydrogen) atoms. The van der Waals surface area contributed by atoms with Crippen LogP contribution in [0.3, 0.4) is 0 Å². The van der Waals surface area contributed by atoms with Gasteiger partial charge in [-0.05, 0) is 50.2 Å². The lowest BCUT2D eigenvalue weighted by molar-refractivity contribution is -0.115. The number of rotatable bonds is 9. The van der Waals surface area contributed by atoms with E-state index in [-0.39, 0.29) is 12.3 Å². The summed E-state index contributed by atoms with van der Waals surface area (Å²) in [5.41, 5.74) is 3.48. The maximum atomic E-state index is 13.0. The van der Waals surface area contributed by atoms with E-state index >= 15 is 0 Å². The van der Waals surface area contributed by atoms with Gasteiger partial charge in [-0.3, -0.25) is 4.79 Å². The standard InChI is InChI=1S/C26H26N2O5/c1-4-31-23-12-8-9-17(25(23)32-5-2)16-24(29)27-20-15-18(13-14-21(20)30-3)26-28-19-10-6-7-11-22(19)33-26/h6-15H,4-5,16H2,1-3H3,(H,27,29). The quantitative estimate of drug-likeness (QED) is 0.366. The molecule has 0 unspecified atom stereocenters. The maximum Gasteiger partial charge on any atom is 0.229 e. The minimum atomic E-state index is -0.211. The highest BCUT2D eigenvalue weighted by atomic mass is 16.5. The number of benzene rings is 3. The number of nitrogens with one attached hydrogen (secondary N) is 1. The monoisotopic (exact) mass is 446 g/mol. The first-order valence-electron chi connectivity index (χ1n) is 10.8. The van der Waals surface area contributed by atoms with Crippen molar-refractivity contribution in [3.05, 3.63) is 66.2 Å². The van der Waals surface area contributed by atoms with Crippen LogP contribution < -0.4 is 19.5 Å². The van der Waals surface area contributed by atoms with Crippen LogP contribution in [-0.4, -0.2) is 31.2 Å². The highest BCUT2D eigenvalue weighted by Crippen LogP contribution is 2.34. The molecule has 0 saturated heterocycles. The van der Waals surface area contributed by atoms with Gasteiger partial charge in [-0.15, -0.1) is 0 Å². The summed E-state index contributed by atoms with van der Waals surface area (Å²) < 4.78 is 22.8. The third kappa shape index (κ3) is 4.92. The first-order chi connectivity index (χ1) is 16.1. The summed E-state index contributed by atoms with van der Waals surface area (Å²) in [4.78, 5) is 17.5. The number of carbonyl (C=O) groups excluding carboxylic acids is 1.